The fourth-order valence-corrected chi connectivity index (χ4v) is 1.68. The number of carboxylic acids is 1. The summed E-state index contributed by atoms with van der Waals surface area (Å²) >= 11 is 5.73. The van der Waals surface area contributed by atoms with Gasteiger partial charge in [-0.15, -0.1) is 0 Å². The first-order chi connectivity index (χ1) is 8.41. The number of Topliss-reactive ketones (excluding diaryl/α,β-unsaturated/α-hetero) is 1. The maximum Gasteiger partial charge on any atom is 0.303 e. The summed E-state index contributed by atoms with van der Waals surface area (Å²) in [5.41, 5.74) is 5.72. The van der Waals surface area contributed by atoms with Gasteiger partial charge in [0.2, 0.25) is 0 Å². The zero-order valence-electron chi connectivity index (χ0n) is 9.60. The Kier molecular flexibility index (Phi) is 5.12. The molecule has 18 heavy (non-hydrogen) atoms. The van der Waals surface area contributed by atoms with Crippen LogP contribution in [-0.2, 0) is 4.79 Å². The van der Waals surface area contributed by atoms with Crippen LogP contribution in [0.25, 0.3) is 0 Å². The minimum atomic E-state index is -0.930. The summed E-state index contributed by atoms with van der Waals surface area (Å²) in [5.74, 6) is -1.56. The van der Waals surface area contributed by atoms with E-state index in [0.717, 1.165) is 0 Å². The number of carboxylic acid groups (broad SMARTS) is 1. The molecule has 1 atom stereocenters. The lowest BCUT2D eigenvalue weighted by Gasteiger charge is -2.11. The number of hydrogen-bond acceptors (Lipinski definition) is 4. The van der Waals surface area contributed by atoms with Gasteiger partial charge in [0.05, 0.1) is 11.6 Å². The quantitative estimate of drug-likeness (QED) is 0.685. The minimum Gasteiger partial charge on any atom is -0.507 e. The molecule has 4 N–H and O–H groups in total. The van der Waals surface area contributed by atoms with Crippen molar-refractivity contribution in [2.24, 2.45) is 5.73 Å². The number of benzene rings is 1. The van der Waals surface area contributed by atoms with Crippen LogP contribution >= 0.6 is 11.6 Å². The SMILES string of the molecule is NC(CCCC(=O)O)C(=O)c1cc(Cl)ccc1O. The van der Waals surface area contributed by atoms with E-state index in [1.54, 1.807) is 0 Å². The van der Waals surface area contributed by atoms with Gasteiger partial charge in [0.15, 0.2) is 5.78 Å². The first-order valence-electron chi connectivity index (χ1n) is 5.42. The molecule has 0 amide bonds. The molecule has 98 valence electrons. The van der Waals surface area contributed by atoms with Crippen LogP contribution in [0.2, 0.25) is 5.02 Å². The fourth-order valence-electron chi connectivity index (χ4n) is 1.51. The number of nitrogens with two attached hydrogens (primary N) is 1. The Balaban J connectivity index is 2.68. The normalized spacial score (nSPS) is 12.1. The molecule has 1 aromatic rings. The third-order valence-corrected chi connectivity index (χ3v) is 2.70. The van der Waals surface area contributed by atoms with Crippen molar-refractivity contribution in [3.8, 4) is 5.75 Å². The van der Waals surface area contributed by atoms with Crippen molar-refractivity contribution < 1.29 is 19.8 Å². The van der Waals surface area contributed by atoms with Crippen molar-refractivity contribution in [2.45, 2.75) is 25.3 Å². The first kappa shape index (κ1) is 14.5. The van der Waals surface area contributed by atoms with Gasteiger partial charge in [0.25, 0.3) is 0 Å². The van der Waals surface area contributed by atoms with Gasteiger partial charge in [0, 0.05) is 11.4 Å². The van der Waals surface area contributed by atoms with E-state index in [-0.39, 0.29) is 24.2 Å². The number of rotatable bonds is 6. The lowest BCUT2D eigenvalue weighted by molar-refractivity contribution is -0.137. The van der Waals surface area contributed by atoms with Gasteiger partial charge in [0.1, 0.15) is 5.75 Å². The van der Waals surface area contributed by atoms with E-state index in [4.69, 9.17) is 22.4 Å². The van der Waals surface area contributed by atoms with Crippen LogP contribution in [0.5, 0.6) is 5.75 Å². The maximum absolute atomic E-state index is 11.9. The number of carbonyl (C=O) groups excluding carboxylic acids is 1. The average Bonchev–Trinajstić information content (AvgIpc) is 2.30. The molecule has 0 spiro atoms. The Labute approximate surface area is 109 Å². The zero-order valence-corrected chi connectivity index (χ0v) is 10.4. The summed E-state index contributed by atoms with van der Waals surface area (Å²) < 4.78 is 0. The summed E-state index contributed by atoms with van der Waals surface area (Å²) in [6.07, 6.45) is 0.517. The second kappa shape index (κ2) is 6.37. The molecule has 0 aliphatic carbocycles. The van der Waals surface area contributed by atoms with Crippen LogP contribution in [0.4, 0.5) is 0 Å². The highest BCUT2D eigenvalue weighted by Gasteiger charge is 2.19. The van der Waals surface area contributed by atoms with Crippen LogP contribution in [0.15, 0.2) is 18.2 Å². The molecule has 0 saturated heterocycles. The molecule has 1 rings (SSSR count). The molecule has 0 heterocycles. The minimum absolute atomic E-state index is 0.0392. The molecule has 0 aliphatic rings. The van der Waals surface area contributed by atoms with E-state index in [1.165, 1.54) is 18.2 Å². The van der Waals surface area contributed by atoms with Gasteiger partial charge < -0.3 is 15.9 Å². The highest BCUT2D eigenvalue weighted by molar-refractivity contribution is 6.31. The van der Waals surface area contributed by atoms with E-state index in [1.807, 2.05) is 0 Å². The van der Waals surface area contributed by atoms with Crippen LogP contribution in [-0.4, -0.2) is 28.0 Å². The van der Waals surface area contributed by atoms with Gasteiger partial charge in [-0.25, -0.2) is 0 Å². The molecule has 5 nitrogen and oxygen atoms in total. The highest BCUT2D eigenvalue weighted by atomic mass is 35.5. The van der Waals surface area contributed by atoms with E-state index in [2.05, 4.69) is 0 Å². The summed E-state index contributed by atoms with van der Waals surface area (Å²) in [7, 11) is 0. The molecule has 0 aromatic heterocycles. The van der Waals surface area contributed by atoms with Gasteiger partial charge in [-0.3, -0.25) is 9.59 Å². The Bertz CT molecular complexity index is 461. The van der Waals surface area contributed by atoms with Crippen LogP contribution < -0.4 is 5.73 Å². The summed E-state index contributed by atoms with van der Waals surface area (Å²) in [5, 5.41) is 18.3. The number of hydrogen-bond donors (Lipinski definition) is 3. The lowest BCUT2D eigenvalue weighted by atomic mass is 9.99. The molecule has 0 radical (unpaired) electrons. The molecule has 0 saturated carbocycles. The predicted molar refractivity (Wildman–Crippen MR) is 66.9 cm³/mol. The topological polar surface area (TPSA) is 101 Å². The van der Waals surface area contributed by atoms with Crippen molar-refractivity contribution in [1.29, 1.82) is 0 Å². The Morgan fingerprint density at radius 3 is 2.67 bits per heavy atom. The molecular weight excluding hydrogens is 258 g/mol. The average molecular weight is 272 g/mol. The van der Waals surface area contributed by atoms with Crippen molar-refractivity contribution >= 4 is 23.4 Å². The number of aliphatic carboxylic acids is 1. The Hall–Kier alpha value is -1.59. The summed E-state index contributed by atoms with van der Waals surface area (Å²) in [6.45, 7) is 0. The second-order valence-corrected chi connectivity index (χ2v) is 4.35. The van der Waals surface area contributed by atoms with Crippen molar-refractivity contribution in [3.05, 3.63) is 28.8 Å². The van der Waals surface area contributed by atoms with Gasteiger partial charge in [-0.2, -0.15) is 0 Å². The van der Waals surface area contributed by atoms with Crippen LogP contribution in [0.3, 0.4) is 0 Å². The van der Waals surface area contributed by atoms with Crippen molar-refractivity contribution in [1.82, 2.24) is 0 Å². The number of phenols is 1. The van der Waals surface area contributed by atoms with E-state index in [0.29, 0.717) is 11.4 Å². The van der Waals surface area contributed by atoms with Gasteiger partial charge in [-0.1, -0.05) is 11.6 Å². The Morgan fingerprint density at radius 1 is 1.39 bits per heavy atom. The maximum atomic E-state index is 11.9. The molecule has 0 fully saturated rings. The first-order valence-corrected chi connectivity index (χ1v) is 5.79. The van der Waals surface area contributed by atoms with Crippen LogP contribution in [0, 0.1) is 0 Å². The number of halogens is 1. The van der Waals surface area contributed by atoms with Crippen molar-refractivity contribution in [3.63, 3.8) is 0 Å². The predicted octanol–water partition coefficient (Wildman–Crippen LogP) is 1.81. The monoisotopic (exact) mass is 271 g/mol. The molecule has 6 heteroatoms. The van der Waals surface area contributed by atoms with Gasteiger partial charge >= 0.3 is 5.97 Å². The number of carbonyl (C=O) groups is 2. The smallest absolute Gasteiger partial charge is 0.303 e. The van der Waals surface area contributed by atoms with E-state index < -0.39 is 17.8 Å². The summed E-state index contributed by atoms with van der Waals surface area (Å²) in [4.78, 5) is 22.2. The number of aromatic hydroxyl groups is 1. The largest absolute Gasteiger partial charge is 0.507 e. The molecular formula is C12H14ClNO4. The van der Waals surface area contributed by atoms with E-state index >= 15 is 0 Å². The molecule has 1 aromatic carbocycles. The number of ketones is 1. The summed E-state index contributed by atoms with van der Waals surface area (Å²) in [6, 6.07) is 3.29. The molecule has 0 bridgehead atoms. The zero-order chi connectivity index (χ0) is 13.7. The van der Waals surface area contributed by atoms with Crippen LogP contribution in [0.1, 0.15) is 29.6 Å². The second-order valence-electron chi connectivity index (χ2n) is 3.92. The Morgan fingerprint density at radius 2 is 2.06 bits per heavy atom. The third-order valence-electron chi connectivity index (χ3n) is 2.47. The highest BCUT2D eigenvalue weighted by Crippen LogP contribution is 2.23. The lowest BCUT2D eigenvalue weighted by Crippen LogP contribution is -2.30. The van der Waals surface area contributed by atoms with Crippen molar-refractivity contribution in [2.75, 3.05) is 0 Å². The van der Waals surface area contributed by atoms with E-state index in [9.17, 15) is 14.7 Å². The standard InChI is InChI=1S/C12H14ClNO4/c13-7-4-5-10(15)8(6-7)12(18)9(14)2-1-3-11(16)17/h4-6,9,15H,1-3,14H2,(H,16,17). The van der Waals surface area contributed by atoms with Gasteiger partial charge in [-0.05, 0) is 31.0 Å². The third kappa shape index (κ3) is 4.01. The molecule has 1 unspecified atom stereocenters. The molecule has 0 aliphatic heterocycles. The fraction of sp³-hybridized carbons (Fsp3) is 0.333. The number of phenolic OH excluding ortho intramolecular Hbond substituents is 1.